The van der Waals surface area contributed by atoms with Crippen molar-refractivity contribution in [3.8, 4) is 0 Å². The summed E-state index contributed by atoms with van der Waals surface area (Å²) in [5.74, 6) is 0. The molecule has 146 valence electrons. The number of rotatable bonds is 3. The minimum atomic E-state index is -4.32. The van der Waals surface area contributed by atoms with E-state index in [-0.39, 0.29) is 6.29 Å². The molecule has 1 aliphatic heterocycles. The van der Waals surface area contributed by atoms with Crippen LogP contribution in [-0.2, 0) is 10.5 Å². The van der Waals surface area contributed by atoms with Gasteiger partial charge in [0, 0.05) is 38.3 Å². The Morgan fingerprint density at radius 3 is 2.26 bits per heavy atom. The molecule has 1 fully saturated rings. The molecule has 1 aliphatic rings. The van der Waals surface area contributed by atoms with Crippen LogP contribution < -0.4 is 4.90 Å². The molecule has 3 rings (SSSR count). The number of nitrogens with zero attached hydrogens (tertiary/aromatic N) is 2. The van der Waals surface area contributed by atoms with Crippen molar-refractivity contribution in [1.29, 1.82) is 0 Å². The average molecular weight is 403 g/mol. The Labute approximate surface area is 160 Å². The second-order valence-corrected chi connectivity index (χ2v) is 6.54. The lowest BCUT2D eigenvalue weighted by Gasteiger charge is -2.38. The molecule has 0 atom stereocenters. The number of carbonyl (C=O) groups excluding carboxylic acids is 1. The fourth-order valence-corrected chi connectivity index (χ4v) is 3.09. The van der Waals surface area contributed by atoms with Crippen molar-refractivity contribution in [3.63, 3.8) is 0 Å². The topological polar surface area (TPSA) is 33.2 Å². The summed E-state index contributed by atoms with van der Waals surface area (Å²) in [4.78, 5) is 15.2. The lowest BCUT2D eigenvalue weighted by atomic mass is 9.86. The van der Waals surface area contributed by atoms with Gasteiger partial charge in [-0.3, -0.25) is 4.98 Å². The van der Waals surface area contributed by atoms with Crippen molar-refractivity contribution in [2.24, 2.45) is 0 Å². The predicted molar refractivity (Wildman–Crippen MR) is 96.7 cm³/mol. The van der Waals surface area contributed by atoms with E-state index in [1.165, 1.54) is 0 Å². The Hall–Kier alpha value is -2.15. The minimum Gasteiger partial charge on any atom is -0.370 e. The maximum atomic E-state index is 15.0. The largest absolute Gasteiger partial charge is 0.395 e. The van der Waals surface area contributed by atoms with Crippen LogP contribution in [0.15, 0.2) is 48.8 Å². The zero-order chi connectivity index (χ0) is 19.9. The zero-order valence-electron chi connectivity index (χ0n) is 14.4. The van der Waals surface area contributed by atoms with Crippen LogP contribution in [0, 0.1) is 0 Å². The molecule has 1 aromatic heterocycles. The highest BCUT2D eigenvalue weighted by molar-refractivity contribution is 6.33. The van der Waals surface area contributed by atoms with Gasteiger partial charge in [-0.05, 0) is 11.6 Å². The number of benzene rings is 1. The Bertz CT molecular complexity index is 732. The second-order valence-electron chi connectivity index (χ2n) is 6.13. The van der Waals surface area contributed by atoms with E-state index in [9.17, 15) is 13.2 Å². The van der Waals surface area contributed by atoms with Crippen molar-refractivity contribution in [2.45, 2.75) is 31.1 Å². The molecule has 0 amide bonds. The molecule has 8 heteroatoms. The average Bonchev–Trinajstić information content (AvgIpc) is 2.63. The third-order valence-electron chi connectivity index (χ3n) is 4.25. The molecule has 0 saturated carbocycles. The third kappa shape index (κ3) is 6.20. The van der Waals surface area contributed by atoms with Crippen LogP contribution in [-0.4, -0.2) is 30.5 Å². The number of hydrogen-bond donors (Lipinski definition) is 0. The second kappa shape index (κ2) is 9.17. The molecule has 0 spiro atoms. The standard InChI is InChI=1S/C16H16ClFN2.C3H3F3O/c17-14-12-19-9-6-15(14)20-10-7-16(18,8-11-20)13-4-2-1-3-5-13;4-3(5,6)1-2-7/h1-6,9,12H,7-8,10-11H2;2H,1H2. The number of hydrogen-bond acceptors (Lipinski definition) is 3. The van der Waals surface area contributed by atoms with E-state index in [0.29, 0.717) is 31.0 Å². The van der Waals surface area contributed by atoms with Gasteiger partial charge in [0.25, 0.3) is 0 Å². The quantitative estimate of drug-likeness (QED) is 0.513. The van der Waals surface area contributed by atoms with Crippen LogP contribution >= 0.6 is 11.6 Å². The van der Waals surface area contributed by atoms with E-state index in [2.05, 4.69) is 9.88 Å². The number of carbonyl (C=O) groups is 1. The normalized spacial score (nSPS) is 16.3. The van der Waals surface area contributed by atoms with E-state index in [1.54, 1.807) is 12.4 Å². The lowest BCUT2D eigenvalue weighted by Crippen LogP contribution is -2.40. The Kier molecular flexibility index (Phi) is 7.18. The predicted octanol–water partition coefficient (Wildman–Crippen LogP) is 5.34. The van der Waals surface area contributed by atoms with Gasteiger partial charge in [0.1, 0.15) is 12.0 Å². The Morgan fingerprint density at radius 1 is 1.15 bits per heavy atom. The summed E-state index contributed by atoms with van der Waals surface area (Å²) in [5.41, 5.74) is 0.495. The number of piperidine rings is 1. The van der Waals surface area contributed by atoms with Gasteiger partial charge in [-0.1, -0.05) is 41.9 Å². The summed E-state index contributed by atoms with van der Waals surface area (Å²) in [5, 5.41) is 0.624. The molecule has 3 nitrogen and oxygen atoms in total. The molecule has 0 aliphatic carbocycles. The highest BCUT2D eigenvalue weighted by Crippen LogP contribution is 2.39. The molecule has 0 radical (unpaired) electrons. The van der Waals surface area contributed by atoms with Gasteiger partial charge >= 0.3 is 6.18 Å². The van der Waals surface area contributed by atoms with Crippen LogP contribution in [0.3, 0.4) is 0 Å². The van der Waals surface area contributed by atoms with Crippen LogP contribution in [0.5, 0.6) is 0 Å². The number of pyridine rings is 1. The third-order valence-corrected chi connectivity index (χ3v) is 4.54. The van der Waals surface area contributed by atoms with Crippen molar-refractivity contribution in [3.05, 3.63) is 59.4 Å². The van der Waals surface area contributed by atoms with Crippen molar-refractivity contribution < 1.29 is 22.4 Å². The summed E-state index contributed by atoms with van der Waals surface area (Å²) >= 11 is 6.15. The van der Waals surface area contributed by atoms with Crippen LogP contribution in [0.25, 0.3) is 0 Å². The fourth-order valence-electron chi connectivity index (χ4n) is 2.85. The van der Waals surface area contributed by atoms with Gasteiger partial charge in [-0.15, -0.1) is 0 Å². The van der Waals surface area contributed by atoms with Crippen molar-refractivity contribution in [1.82, 2.24) is 4.98 Å². The lowest BCUT2D eigenvalue weighted by molar-refractivity contribution is -0.144. The van der Waals surface area contributed by atoms with Crippen LogP contribution in [0.1, 0.15) is 24.8 Å². The molecule has 0 unspecified atom stereocenters. The number of aldehydes is 1. The number of alkyl halides is 4. The number of anilines is 1. The van der Waals surface area contributed by atoms with Gasteiger partial charge in [0.2, 0.25) is 0 Å². The monoisotopic (exact) mass is 402 g/mol. The summed E-state index contributed by atoms with van der Waals surface area (Å²) in [7, 11) is 0. The summed E-state index contributed by atoms with van der Waals surface area (Å²) < 4.78 is 47.5. The first-order chi connectivity index (χ1) is 12.7. The molecule has 0 N–H and O–H groups in total. The van der Waals surface area contributed by atoms with Gasteiger partial charge in [-0.25, -0.2) is 4.39 Å². The van der Waals surface area contributed by atoms with Gasteiger partial charge in [0.05, 0.1) is 17.1 Å². The molecular formula is C19H19ClF4N2O. The van der Waals surface area contributed by atoms with Gasteiger partial charge in [-0.2, -0.15) is 13.2 Å². The maximum absolute atomic E-state index is 15.0. The van der Waals surface area contributed by atoms with Gasteiger partial charge < -0.3 is 9.69 Å². The van der Waals surface area contributed by atoms with E-state index >= 15 is 4.39 Å². The van der Waals surface area contributed by atoms with Crippen molar-refractivity contribution in [2.75, 3.05) is 18.0 Å². The Balaban J connectivity index is 0.000000321. The van der Waals surface area contributed by atoms with Crippen LogP contribution in [0.2, 0.25) is 5.02 Å². The molecule has 0 bridgehead atoms. The summed E-state index contributed by atoms with van der Waals surface area (Å²) in [6.45, 7) is 1.32. The number of halogens is 5. The molecular weight excluding hydrogens is 384 g/mol. The molecule has 27 heavy (non-hydrogen) atoms. The van der Waals surface area contributed by atoms with Gasteiger partial charge in [0.15, 0.2) is 0 Å². The minimum absolute atomic E-state index is 0.167. The maximum Gasteiger partial charge on any atom is 0.395 e. The molecule has 1 aromatic carbocycles. The highest BCUT2D eigenvalue weighted by Gasteiger charge is 2.36. The highest BCUT2D eigenvalue weighted by atomic mass is 35.5. The Morgan fingerprint density at radius 2 is 1.78 bits per heavy atom. The van der Waals surface area contributed by atoms with E-state index in [1.807, 2.05) is 36.4 Å². The molecule has 2 aromatic rings. The first-order valence-corrected chi connectivity index (χ1v) is 8.72. The van der Waals surface area contributed by atoms with Crippen molar-refractivity contribution >= 4 is 23.6 Å². The SMILES string of the molecule is FC1(c2ccccc2)CCN(c2ccncc2Cl)CC1.O=CCC(F)(F)F. The fraction of sp³-hybridized carbons (Fsp3) is 0.368. The number of aromatic nitrogens is 1. The van der Waals surface area contributed by atoms with E-state index in [0.717, 1.165) is 11.3 Å². The first-order valence-electron chi connectivity index (χ1n) is 8.34. The zero-order valence-corrected chi connectivity index (χ0v) is 15.2. The summed E-state index contributed by atoms with van der Waals surface area (Å²) in [6.07, 6.45) is -1.51. The van der Waals surface area contributed by atoms with Crippen LogP contribution in [0.4, 0.5) is 23.2 Å². The molecule has 1 saturated heterocycles. The molecule has 2 heterocycles. The summed E-state index contributed by atoms with van der Waals surface area (Å²) in [6, 6.07) is 11.3. The first kappa shape index (κ1) is 21.2. The van der Waals surface area contributed by atoms with E-state index < -0.39 is 18.3 Å². The van der Waals surface area contributed by atoms with E-state index in [4.69, 9.17) is 16.4 Å². The smallest absolute Gasteiger partial charge is 0.370 e.